The highest BCUT2D eigenvalue weighted by Gasteiger charge is 2.24. The van der Waals surface area contributed by atoms with E-state index < -0.39 is 0 Å². The van der Waals surface area contributed by atoms with Gasteiger partial charge in [0.2, 0.25) is 0 Å². The Morgan fingerprint density at radius 2 is 1.84 bits per heavy atom. The number of benzene rings is 1. The molecule has 3 heteroatoms. The molecule has 1 aromatic carbocycles. The summed E-state index contributed by atoms with van der Waals surface area (Å²) >= 11 is 0. The molecule has 0 aromatic heterocycles. The summed E-state index contributed by atoms with van der Waals surface area (Å²) in [6.07, 6.45) is 1.22. The van der Waals surface area contributed by atoms with Gasteiger partial charge in [0.05, 0.1) is 7.11 Å². The third-order valence-corrected chi connectivity index (χ3v) is 3.86. The van der Waals surface area contributed by atoms with Crippen LogP contribution in [0.1, 0.15) is 27.2 Å². The molecule has 0 radical (unpaired) electrons. The first kappa shape index (κ1) is 14.2. The first-order chi connectivity index (χ1) is 9.00. The molecular formula is C16H26N2O. The van der Waals surface area contributed by atoms with Crippen molar-refractivity contribution in [2.45, 2.75) is 32.7 Å². The van der Waals surface area contributed by atoms with Crippen molar-refractivity contribution in [1.82, 2.24) is 4.90 Å². The van der Waals surface area contributed by atoms with Gasteiger partial charge in [0, 0.05) is 43.5 Å². The maximum atomic E-state index is 5.32. The van der Waals surface area contributed by atoms with Gasteiger partial charge in [0.15, 0.2) is 0 Å². The van der Waals surface area contributed by atoms with Crippen LogP contribution in [-0.4, -0.2) is 43.7 Å². The van der Waals surface area contributed by atoms with Gasteiger partial charge in [-0.3, -0.25) is 4.90 Å². The molecule has 19 heavy (non-hydrogen) atoms. The number of hydrogen-bond acceptors (Lipinski definition) is 3. The third kappa shape index (κ3) is 3.63. The zero-order valence-corrected chi connectivity index (χ0v) is 12.6. The molecule has 0 atom stereocenters. The molecule has 0 unspecified atom stereocenters. The standard InChI is InChI=1S/C16H26N2O/c1-16(2,3)18-10-6-9-17(11-12-18)14-7-5-8-15(13-14)19-4/h5,7-8,13H,6,9-12H2,1-4H3. The van der Waals surface area contributed by atoms with Crippen molar-refractivity contribution in [3.05, 3.63) is 24.3 Å². The molecule has 0 amide bonds. The summed E-state index contributed by atoms with van der Waals surface area (Å²) in [4.78, 5) is 5.04. The lowest BCUT2D eigenvalue weighted by Crippen LogP contribution is -2.43. The molecule has 1 saturated heterocycles. The number of nitrogens with zero attached hydrogens (tertiary/aromatic N) is 2. The highest BCUT2D eigenvalue weighted by Crippen LogP contribution is 2.23. The predicted octanol–water partition coefficient (Wildman–Crippen LogP) is 3.01. The van der Waals surface area contributed by atoms with Crippen molar-refractivity contribution in [1.29, 1.82) is 0 Å². The largest absolute Gasteiger partial charge is 0.497 e. The predicted molar refractivity (Wildman–Crippen MR) is 81.2 cm³/mol. The number of anilines is 1. The molecule has 2 rings (SSSR count). The van der Waals surface area contributed by atoms with Crippen molar-refractivity contribution in [3.63, 3.8) is 0 Å². The van der Waals surface area contributed by atoms with E-state index in [0.717, 1.165) is 25.4 Å². The molecule has 0 N–H and O–H groups in total. The molecule has 0 aliphatic carbocycles. The summed E-state index contributed by atoms with van der Waals surface area (Å²) in [5.41, 5.74) is 1.54. The lowest BCUT2D eigenvalue weighted by atomic mass is 10.1. The Bertz CT molecular complexity index is 411. The van der Waals surface area contributed by atoms with Crippen LogP contribution in [0.3, 0.4) is 0 Å². The van der Waals surface area contributed by atoms with E-state index in [1.807, 2.05) is 6.07 Å². The Labute approximate surface area is 117 Å². The maximum Gasteiger partial charge on any atom is 0.120 e. The summed E-state index contributed by atoms with van der Waals surface area (Å²) in [7, 11) is 1.73. The van der Waals surface area contributed by atoms with E-state index >= 15 is 0 Å². The van der Waals surface area contributed by atoms with Crippen molar-refractivity contribution in [2.24, 2.45) is 0 Å². The molecule has 1 heterocycles. The van der Waals surface area contributed by atoms with Crippen molar-refractivity contribution in [3.8, 4) is 5.75 Å². The summed E-state index contributed by atoms with van der Waals surface area (Å²) in [6, 6.07) is 8.38. The molecule has 106 valence electrons. The molecule has 1 aliphatic heterocycles. The monoisotopic (exact) mass is 262 g/mol. The minimum absolute atomic E-state index is 0.268. The quantitative estimate of drug-likeness (QED) is 0.815. The minimum atomic E-state index is 0.268. The summed E-state index contributed by atoms with van der Waals surface area (Å²) in [5.74, 6) is 0.939. The second kappa shape index (κ2) is 5.83. The smallest absolute Gasteiger partial charge is 0.120 e. The topological polar surface area (TPSA) is 15.7 Å². The first-order valence-electron chi connectivity index (χ1n) is 7.15. The van der Waals surface area contributed by atoms with E-state index in [0.29, 0.717) is 0 Å². The van der Waals surface area contributed by atoms with Crippen LogP contribution in [0.5, 0.6) is 5.75 Å². The van der Waals surface area contributed by atoms with Crippen LogP contribution in [0, 0.1) is 0 Å². The van der Waals surface area contributed by atoms with Gasteiger partial charge in [-0.2, -0.15) is 0 Å². The van der Waals surface area contributed by atoms with Crippen LogP contribution in [0.2, 0.25) is 0 Å². The zero-order chi connectivity index (χ0) is 13.9. The van der Waals surface area contributed by atoms with Crippen molar-refractivity contribution < 1.29 is 4.74 Å². The van der Waals surface area contributed by atoms with Gasteiger partial charge in [0.25, 0.3) is 0 Å². The van der Waals surface area contributed by atoms with E-state index in [2.05, 4.69) is 48.8 Å². The Kier molecular flexibility index (Phi) is 4.35. The number of hydrogen-bond donors (Lipinski definition) is 0. The van der Waals surface area contributed by atoms with Crippen molar-refractivity contribution >= 4 is 5.69 Å². The van der Waals surface area contributed by atoms with Crippen molar-refractivity contribution in [2.75, 3.05) is 38.2 Å². The normalized spacial score (nSPS) is 18.2. The SMILES string of the molecule is COc1cccc(N2CCCN(C(C)(C)C)CC2)c1. The van der Waals surface area contributed by atoms with Gasteiger partial charge in [-0.15, -0.1) is 0 Å². The highest BCUT2D eigenvalue weighted by atomic mass is 16.5. The molecular weight excluding hydrogens is 236 g/mol. The molecule has 1 aliphatic rings. The lowest BCUT2D eigenvalue weighted by Gasteiger charge is -2.34. The minimum Gasteiger partial charge on any atom is -0.497 e. The highest BCUT2D eigenvalue weighted by molar-refractivity contribution is 5.50. The van der Waals surface area contributed by atoms with Gasteiger partial charge >= 0.3 is 0 Å². The first-order valence-corrected chi connectivity index (χ1v) is 7.15. The fourth-order valence-corrected chi connectivity index (χ4v) is 2.65. The molecule has 1 fully saturated rings. The van der Waals surface area contributed by atoms with Gasteiger partial charge in [0.1, 0.15) is 5.75 Å². The fraction of sp³-hybridized carbons (Fsp3) is 0.625. The van der Waals surface area contributed by atoms with Crippen LogP contribution >= 0.6 is 0 Å². The molecule has 3 nitrogen and oxygen atoms in total. The average molecular weight is 262 g/mol. The van der Waals surface area contributed by atoms with Gasteiger partial charge in [-0.25, -0.2) is 0 Å². The second-order valence-electron chi connectivity index (χ2n) is 6.20. The summed E-state index contributed by atoms with van der Waals surface area (Å²) < 4.78 is 5.32. The van der Waals surface area contributed by atoms with Crippen LogP contribution < -0.4 is 9.64 Å². The van der Waals surface area contributed by atoms with E-state index in [1.54, 1.807) is 7.11 Å². The Morgan fingerprint density at radius 1 is 1.05 bits per heavy atom. The number of ether oxygens (including phenoxy) is 1. The molecule has 0 saturated carbocycles. The number of methoxy groups -OCH3 is 1. The van der Waals surface area contributed by atoms with E-state index in [4.69, 9.17) is 4.74 Å². The van der Waals surface area contributed by atoms with Gasteiger partial charge < -0.3 is 9.64 Å². The van der Waals surface area contributed by atoms with E-state index in [1.165, 1.54) is 18.7 Å². The fourth-order valence-electron chi connectivity index (χ4n) is 2.65. The van der Waals surface area contributed by atoms with Gasteiger partial charge in [-0.1, -0.05) is 6.07 Å². The van der Waals surface area contributed by atoms with Crippen LogP contribution in [0.25, 0.3) is 0 Å². The van der Waals surface area contributed by atoms with Crippen LogP contribution in [0.15, 0.2) is 24.3 Å². The molecule has 0 bridgehead atoms. The maximum absolute atomic E-state index is 5.32. The zero-order valence-electron chi connectivity index (χ0n) is 12.6. The summed E-state index contributed by atoms with van der Waals surface area (Å²) in [5, 5.41) is 0. The Balaban J connectivity index is 2.06. The Morgan fingerprint density at radius 3 is 2.53 bits per heavy atom. The second-order valence-corrected chi connectivity index (χ2v) is 6.20. The van der Waals surface area contributed by atoms with Crippen LogP contribution in [-0.2, 0) is 0 Å². The van der Waals surface area contributed by atoms with Crippen LogP contribution in [0.4, 0.5) is 5.69 Å². The average Bonchev–Trinajstić information content (AvgIpc) is 2.64. The molecule has 0 spiro atoms. The van der Waals surface area contributed by atoms with E-state index in [9.17, 15) is 0 Å². The third-order valence-electron chi connectivity index (χ3n) is 3.86. The number of rotatable bonds is 2. The summed E-state index contributed by atoms with van der Waals surface area (Å²) in [6.45, 7) is 11.4. The lowest BCUT2D eigenvalue weighted by molar-refractivity contribution is 0.148. The molecule has 1 aromatic rings. The van der Waals surface area contributed by atoms with E-state index in [-0.39, 0.29) is 5.54 Å². The van der Waals surface area contributed by atoms with Gasteiger partial charge in [-0.05, 0) is 39.3 Å². The Hall–Kier alpha value is -1.22.